The average Bonchev–Trinajstić information content (AvgIpc) is 2.90. The number of carbonyl (C=O) groups excluding carboxylic acids is 1. The molecule has 2 aromatic carbocycles. The Morgan fingerprint density at radius 2 is 1.85 bits per heavy atom. The first kappa shape index (κ1) is 12.7. The van der Waals surface area contributed by atoms with Crippen LogP contribution in [0.1, 0.15) is 16.7 Å². The molecule has 0 radical (unpaired) electrons. The summed E-state index contributed by atoms with van der Waals surface area (Å²) in [6.07, 6.45) is 4.52. The minimum absolute atomic E-state index is 0.0539. The summed E-state index contributed by atoms with van der Waals surface area (Å²) in [6, 6.07) is 16.2. The Labute approximate surface area is 119 Å². The molecule has 1 aliphatic rings. The number of hydrogen-bond acceptors (Lipinski definition) is 1. The molecule has 0 bridgehead atoms. The van der Waals surface area contributed by atoms with E-state index in [0.717, 1.165) is 24.2 Å². The van der Waals surface area contributed by atoms with Crippen molar-refractivity contribution in [3.8, 4) is 0 Å². The van der Waals surface area contributed by atoms with Crippen molar-refractivity contribution in [2.24, 2.45) is 0 Å². The van der Waals surface area contributed by atoms with Gasteiger partial charge in [0.05, 0.1) is 0 Å². The second-order valence-corrected chi connectivity index (χ2v) is 5.06. The molecule has 0 fully saturated rings. The van der Waals surface area contributed by atoms with Crippen LogP contribution in [0.5, 0.6) is 0 Å². The van der Waals surface area contributed by atoms with E-state index in [1.807, 2.05) is 47.4 Å². The van der Waals surface area contributed by atoms with Crippen LogP contribution in [0.15, 0.2) is 54.6 Å². The van der Waals surface area contributed by atoms with E-state index in [1.165, 1.54) is 11.1 Å². The Morgan fingerprint density at radius 3 is 2.70 bits per heavy atom. The van der Waals surface area contributed by atoms with E-state index in [0.29, 0.717) is 0 Å². The number of benzene rings is 2. The highest BCUT2D eigenvalue weighted by Gasteiger charge is 2.22. The molecular formula is C18H17NO. The summed E-state index contributed by atoms with van der Waals surface area (Å²) in [5.41, 5.74) is 4.57. The lowest BCUT2D eigenvalue weighted by Crippen LogP contribution is -2.26. The molecular weight excluding hydrogens is 246 g/mol. The van der Waals surface area contributed by atoms with Gasteiger partial charge >= 0.3 is 0 Å². The van der Waals surface area contributed by atoms with Crippen LogP contribution < -0.4 is 4.90 Å². The van der Waals surface area contributed by atoms with E-state index in [9.17, 15) is 4.79 Å². The summed E-state index contributed by atoms with van der Waals surface area (Å²) in [5, 5.41) is 0. The summed E-state index contributed by atoms with van der Waals surface area (Å²) in [5.74, 6) is 0.0539. The molecule has 1 heterocycles. The highest BCUT2D eigenvalue weighted by molar-refractivity contribution is 6.05. The molecule has 0 aromatic heterocycles. The van der Waals surface area contributed by atoms with Crippen LogP contribution >= 0.6 is 0 Å². The first-order valence-corrected chi connectivity index (χ1v) is 6.89. The van der Waals surface area contributed by atoms with Gasteiger partial charge in [-0.15, -0.1) is 0 Å². The van der Waals surface area contributed by atoms with Crippen molar-refractivity contribution in [3.05, 3.63) is 71.3 Å². The van der Waals surface area contributed by atoms with E-state index in [4.69, 9.17) is 0 Å². The van der Waals surface area contributed by atoms with Gasteiger partial charge in [0.25, 0.3) is 5.91 Å². The molecule has 1 aliphatic heterocycles. The van der Waals surface area contributed by atoms with Crippen LogP contribution in [0.4, 0.5) is 5.69 Å². The van der Waals surface area contributed by atoms with Gasteiger partial charge in [0, 0.05) is 18.3 Å². The molecule has 0 aliphatic carbocycles. The SMILES string of the molecule is Cc1ccccc1/C=C/C(=O)N1CCc2ccccc21. The lowest BCUT2D eigenvalue weighted by molar-refractivity contribution is -0.114. The van der Waals surface area contributed by atoms with Crippen molar-refractivity contribution in [1.82, 2.24) is 0 Å². The molecule has 0 saturated heterocycles. The van der Waals surface area contributed by atoms with Crippen molar-refractivity contribution in [2.45, 2.75) is 13.3 Å². The second kappa shape index (κ2) is 5.33. The zero-order valence-corrected chi connectivity index (χ0v) is 11.5. The van der Waals surface area contributed by atoms with Crippen molar-refractivity contribution in [1.29, 1.82) is 0 Å². The predicted molar refractivity (Wildman–Crippen MR) is 82.7 cm³/mol. The Balaban J connectivity index is 1.80. The van der Waals surface area contributed by atoms with Gasteiger partial charge in [0.15, 0.2) is 0 Å². The number of carbonyl (C=O) groups is 1. The van der Waals surface area contributed by atoms with Gasteiger partial charge in [0.2, 0.25) is 0 Å². The van der Waals surface area contributed by atoms with Crippen molar-refractivity contribution >= 4 is 17.7 Å². The molecule has 1 amide bonds. The Kier molecular flexibility index (Phi) is 3.38. The number of anilines is 1. The third kappa shape index (κ3) is 2.37. The molecule has 100 valence electrons. The molecule has 0 saturated carbocycles. The number of amides is 1. The summed E-state index contributed by atoms with van der Waals surface area (Å²) in [4.78, 5) is 14.2. The quantitative estimate of drug-likeness (QED) is 0.758. The van der Waals surface area contributed by atoms with Crippen LogP contribution in [0.25, 0.3) is 6.08 Å². The number of nitrogens with zero attached hydrogens (tertiary/aromatic N) is 1. The van der Waals surface area contributed by atoms with Crippen molar-refractivity contribution < 1.29 is 4.79 Å². The van der Waals surface area contributed by atoms with Crippen LogP contribution in [-0.2, 0) is 11.2 Å². The molecule has 20 heavy (non-hydrogen) atoms. The van der Waals surface area contributed by atoms with E-state index in [-0.39, 0.29) is 5.91 Å². The Bertz CT molecular complexity index is 673. The largest absolute Gasteiger partial charge is 0.308 e. The fourth-order valence-corrected chi connectivity index (χ4v) is 2.59. The number of aryl methyl sites for hydroxylation is 1. The molecule has 2 heteroatoms. The topological polar surface area (TPSA) is 20.3 Å². The lowest BCUT2D eigenvalue weighted by Gasteiger charge is -2.14. The molecule has 2 aromatic rings. The smallest absolute Gasteiger partial charge is 0.251 e. The van der Waals surface area contributed by atoms with Crippen molar-refractivity contribution in [2.75, 3.05) is 11.4 Å². The Hall–Kier alpha value is -2.35. The Morgan fingerprint density at radius 1 is 1.10 bits per heavy atom. The maximum Gasteiger partial charge on any atom is 0.251 e. The summed E-state index contributed by atoms with van der Waals surface area (Å²) in [7, 11) is 0. The first-order valence-electron chi connectivity index (χ1n) is 6.89. The zero-order valence-electron chi connectivity index (χ0n) is 11.5. The zero-order chi connectivity index (χ0) is 13.9. The molecule has 0 unspecified atom stereocenters. The fourth-order valence-electron chi connectivity index (χ4n) is 2.59. The maximum atomic E-state index is 12.3. The molecule has 0 spiro atoms. The number of hydrogen-bond donors (Lipinski definition) is 0. The third-order valence-corrected chi connectivity index (χ3v) is 3.75. The molecule has 0 N–H and O–H groups in total. The second-order valence-electron chi connectivity index (χ2n) is 5.06. The van der Waals surface area contributed by atoms with Crippen LogP contribution in [0.2, 0.25) is 0 Å². The average molecular weight is 263 g/mol. The van der Waals surface area contributed by atoms with Gasteiger partial charge < -0.3 is 4.90 Å². The van der Waals surface area contributed by atoms with Gasteiger partial charge in [-0.25, -0.2) is 0 Å². The molecule has 2 nitrogen and oxygen atoms in total. The van der Waals surface area contributed by atoms with E-state index >= 15 is 0 Å². The van der Waals surface area contributed by atoms with Gasteiger partial charge in [-0.2, -0.15) is 0 Å². The molecule has 3 rings (SSSR count). The third-order valence-electron chi connectivity index (χ3n) is 3.75. The minimum Gasteiger partial charge on any atom is -0.308 e. The van der Waals surface area contributed by atoms with Crippen LogP contribution in [-0.4, -0.2) is 12.5 Å². The predicted octanol–water partition coefficient (Wildman–Crippen LogP) is 3.60. The molecule has 0 atom stereocenters. The maximum absolute atomic E-state index is 12.3. The van der Waals surface area contributed by atoms with Gasteiger partial charge in [-0.3, -0.25) is 4.79 Å². The number of fused-ring (bicyclic) bond motifs is 1. The summed E-state index contributed by atoms with van der Waals surface area (Å²) < 4.78 is 0. The standard InChI is InChI=1S/C18H17NO/c1-14-6-2-3-7-15(14)10-11-18(20)19-13-12-16-8-4-5-9-17(16)19/h2-11H,12-13H2,1H3/b11-10+. The fraction of sp³-hybridized carbons (Fsp3) is 0.167. The number of rotatable bonds is 2. The lowest BCUT2D eigenvalue weighted by atomic mass is 10.1. The van der Waals surface area contributed by atoms with Gasteiger partial charge in [-0.1, -0.05) is 42.5 Å². The highest BCUT2D eigenvalue weighted by atomic mass is 16.2. The van der Waals surface area contributed by atoms with E-state index in [1.54, 1.807) is 6.08 Å². The first-order chi connectivity index (χ1) is 9.75. The summed E-state index contributed by atoms with van der Waals surface area (Å²) >= 11 is 0. The van der Waals surface area contributed by atoms with Crippen LogP contribution in [0.3, 0.4) is 0 Å². The summed E-state index contributed by atoms with van der Waals surface area (Å²) in [6.45, 7) is 2.82. The van der Waals surface area contributed by atoms with E-state index < -0.39 is 0 Å². The van der Waals surface area contributed by atoms with E-state index in [2.05, 4.69) is 19.1 Å². The van der Waals surface area contributed by atoms with Crippen LogP contribution in [0, 0.1) is 6.92 Å². The van der Waals surface area contributed by atoms with Gasteiger partial charge in [-0.05, 0) is 42.2 Å². The monoisotopic (exact) mass is 263 g/mol. The highest BCUT2D eigenvalue weighted by Crippen LogP contribution is 2.27. The minimum atomic E-state index is 0.0539. The normalized spacial score (nSPS) is 13.8. The van der Waals surface area contributed by atoms with Crippen molar-refractivity contribution in [3.63, 3.8) is 0 Å². The van der Waals surface area contributed by atoms with Gasteiger partial charge in [0.1, 0.15) is 0 Å². The number of para-hydroxylation sites is 1.